The van der Waals surface area contributed by atoms with Gasteiger partial charge in [-0.1, -0.05) is 0 Å². The van der Waals surface area contributed by atoms with Crippen LogP contribution in [0.2, 0.25) is 0 Å². The van der Waals surface area contributed by atoms with Crippen molar-refractivity contribution >= 4 is 11.0 Å². The molecule has 1 aromatic heterocycles. The highest BCUT2D eigenvalue weighted by molar-refractivity contribution is 5.89. The number of ether oxygens (including phenoxy) is 2. The quantitative estimate of drug-likeness (QED) is 0.326. The van der Waals surface area contributed by atoms with E-state index >= 15 is 0 Å². The Kier molecular flexibility index (Phi) is 5.00. The summed E-state index contributed by atoms with van der Waals surface area (Å²) in [5.74, 6) is -1.87. The van der Waals surface area contributed by atoms with Crippen LogP contribution in [0.1, 0.15) is 0 Å². The Bertz CT molecular complexity index is 1140. The monoisotopic (exact) mass is 418 g/mol. The minimum absolute atomic E-state index is 0.0325. The van der Waals surface area contributed by atoms with E-state index < -0.39 is 53.9 Å². The van der Waals surface area contributed by atoms with E-state index in [2.05, 4.69) is 0 Å². The van der Waals surface area contributed by atoms with Crippen LogP contribution >= 0.6 is 0 Å². The second-order valence-electron chi connectivity index (χ2n) is 6.76. The fraction of sp³-hybridized carbons (Fsp3) is 0.250. The van der Waals surface area contributed by atoms with Gasteiger partial charge in [-0.05, 0) is 36.4 Å². The molecule has 6 N–H and O–H groups in total. The molecule has 1 aliphatic heterocycles. The van der Waals surface area contributed by atoms with Gasteiger partial charge in [-0.15, -0.1) is 0 Å². The Morgan fingerprint density at radius 1 is 0.933 bits per heavy atom. The molecule has 4 rings (SSSR count). The summed E-state index contributed by atoms with van der Waals surface area (Å²) < 4.78 is 16.3. The van der Waals surface area contributed by atoms with Gasteiger partial charge in [0.15, 0.2) is 17.3 Å². The van der Waals surface area contributed by atoms with E-state index in [0.717, 1.165) is 6.07 Å². The molecule has 0 amide bonds. The first-order valence-corrected chi connectivity index (χ1v) is 8.92. The second-order valence-corrected chi connectivity index (χ2v) is 6.76. The molecule has 1 aliphatic rings. The molecule has 1 saturated heterocycles. The van der Waals surface area contributed by atoms with E-state index in [1.165, 1.54) is 30.3 Å². The normalized spacial score (nSPS) is 23.7. The number of hydrogen-bond acceptors (Lipinski definition) is 10. The number of aromatic hydroxyl groups is 3. The average Bonchev–Trinajstić information content (AvgIpc) is 3.01. The van der Waals surface area contributed by atoms with Crippen LogP contribution in [0.4, 0.5) is 0 Å². The molecular formula is C20H18O10. The van der Waals surface area contributed by atoms with Crippen molar-refractivity contribution in [3.8, 4) is 34.3 Å². The maximum Gasteiger partial charge on any atom is 0.238 e. The number of phenolic OH excluding ortho intramolecular Hbond substituents is 2. The zero-order chi connectivity index (χ0) is 21.6. The Morgan fingerprint density at radius 3 is 2.27 bits per heavy atom. The lowest BCUT2D eigenvalue weighted by molar-refractivity contribution is -0.116. The minimum atomic E-state index is -1.35. The zero-order valence-electron chi connectivity index (χ0n) is 15.3. The third kappa shape index (κ3) is 3.21. The van der Waals surface area contributed by atoms with E-state index in [1.807, 2.05) is 0 Å². The Morgan fingerprint density at radius 2 is 1.63 bits per heavy atom. The summed E-state index contributed by atoms with van der Waals surface area (Å²) in [4.78, 5) is 12.4. The highest BCUT2D eigenvalue weighted by Gasteiger charge is 2.43. The van der Waals surface area contributed by atoms with E-state index in [1.54, 1.807) is 0 Å². The molecule has 10 heteroatoms. The Labute approximate surface area is 168 Å². The fourth-order valence-corrected chi connectivity index (χ4v) is 3.22. The molecule has 3 aromatic rings. The van der Waals surface area contributed by atoms with Crippen LogP contribution < -0.4 is 10.2 Å². The molecule has 2 aromatic carbocycles. The molecule has 4 atom stereocenters. The first-order valence-electron chi connectivity index (χ1n) is 8.92. The summed E-state index contributed by atoms with van der Waals surface area (Å²) in [6.45, 7) is -0.482. The van der Waals surface area contributed by atoms with Gasteiger partial charge in [0.1, 0.15) is 35.0 Å². The predicted molar refractivity (Wildman–Crippen MR) is 101 cm³/mol. The molecule has 1 fully saturated rings. The molecule has 0 saturated carbocycles. The lowest BCUT2D eigenvalue weighted by Crippen LogP contribution is -2.35. The molecule has 158 valence electrons. The van der Waals surface area contributed by atoms with Crippen molar-refractivity contribution in [2.24, 2.45) is 0 Å². The maximum absolute atomic E-state index is 12.4. The highest BCUT2D eigenvalue weighted by Crippen LogP contribution is 2.37. The van der Waals surface area contributed by atoms with Crippen molar-refractivity contribution in [3.63, 3.8) is 0 Å². The van der Waals surface area contributed by atoms with Gasteiger partial charge in [0, 0.05) is 5.56 Å². The molecule has 0 spiro atoms. The summed E-state index contributed by atoms with van der Waals surface area (Å²) in [6, 6.07) is 8.30. The predicted octanol–water partition coefficient (Wildman–Crippen LogP) is 0.395. The number of aliphatic hydroxyl groups is 3. The van der Waals surface area contributed by atoms with Crippen LogP contribution in [0.25, 0.3) is 22.3 Å². The van der Waals surface area contributed by atoms with Crippen LogP contribution in [0.5, 0.6) is 23.0 Å². The first-order chi connectivity index (χ1) is 14.3. The van der Waals surface area contributed by atoms with Gasteiger partial charge in [-0.3, -0.25) is 4.79 Å². The number of aliphatic hydroxyl groups excluding tert-OH is 3. The van der Waals surface area contributed by atoms with Crippen LogP contribution in [-0.2, 0) is 4.74 Å². The molecule has 0 bridgehead atoms. The van der Waals surface area contributed by atoms with Crippen LogP contribution in [0, 0.1) is 0 Å². The minimum Gasteiger partial charge on any atom is -0.504 e. The number of phenols is 2. The number of benzene rings is 2. The number of hydrogen-bond donors (Lipinski definition) is 6. The lowest BCUT2D eigenvalue weighted by atomic mass is 10.1. The average molecular weight is 418 g/mol. The van der Waals surface area contributed by atoms with E-state index in [-0.39, 0.29) is 22.5 Å². The maximum atomic E-state index is 12.4. The second kappa shape index (κ2) is 7.50. The topological polar surface area (TPSA) is 170 Å². The summed E-state index contributed by atoms with van der Waals surface area (Å²) in [7, 11) is 0. The van der Waals surface area contributed by atoms with Gasteiger partial charge < -0.3 is 44.5 Å². The van der Waals surface area contributed by atoms with E-state index in [4.69, 9.17) is 19.0 Å². The van der Waals surface area contributed by atoms with E-state index in [9.17, 15) is 30.3 Å². The van der Waals surface area contributed by atoms with Crippen LogP contribution in [-0.4, -0.2) is 61.8 Å². The van der Waals surface area contributed by atoms with Gasteiger partial charge in [0.25, 0.3) is 0 Å². The molecule has 0 radical (unpaired) electrons. The summed E-state index contributed by atoms with van der Waals surface area (Å²) >= 11 is 0. The van der Waals surface area contributed by atoms with Crippen molar-refractivity contribution < 1.29 is 44.5 Å². The van der Waals surface area contributed by atoms with Gasteiger partial charge >= 0.3 is 0 Å². The van der Waals surface area contributed by atoms with Crippen LogP contribution in [0.3, 0.4) is 0 Å². The summed E-state index contributed by atoms with van der Waals surface area (Å²) in [6.07, 6.45) is -4.80. The molecule has 30 heavy (non-hydrogen) atoms. The van der Waals surface area contributed by atoms with Gasteiger partial charge in [0.2, 0.25) is 17.5 Å². The van der Waals surface area contributed by atoms with Crippen molar-refractivity contribution in [1.82, 2.24) is 0 Å². The molecular weight excluding hydrogens is 400 g/mol. The Balaban J connectivity index is 1.63. The zero-order valence-corrected chi connectivity index (χ0v) is 15.3. The highest BCUT2D eigenvalue weighted by atomic mass is 16.7. The largest absolute Gasteiger partial charge is 0.504 e. The number of rotatable bonds is 4. The van der Waals surface area contributed by atoms with Gasteiger partial charge in [-0.2, -0.15) is 0 Å². The van der Waals surface area contributed by atoms with E-state index in [0.29, 0.717) is 5.56 Å². The molecule has 0 unspecified atom stereocenters. The molecule has 2 heterocycles. The van der Waals surface area contributed by atoms with Crippen molar-refractivity contribution in [1.29, 1.82) is 0 Å². The van der Waals surface area contributed by atoms with Crippen molar-refractivity contribution in [2.75, 3.05) is 6.61 Å². The van der Waals surface area contributed by atoms with Crippen molar-refractivity contribution in [3.05, 3.63) is 46.6 Å². The first kappa shape index (κ1) is 20.0. The fourth-order valence-electron chi connectivity index (χ4n) is 3.22. The SMILES string of the molecule is O=c1c(O)c(-c2ccc(O[C@@H]3O[C@H](CO)[C@@H](O)[C@H]3O)cc2)oc2ccc(O)c(O)c12. The summed E-state index contributed by atoms with van der Waals surface area (Å²) in [5, 5.41) is 58.1. The molecule has 10 nitrogen and oxygen atoms in total. The van der Waals surface area contributed by atoms with Gasteiger partial charge in [-0.25, -0.2) is 0 Å². The van der Waals surface area contributed by atoms with Gasteiger partial charge in [0.05, 0.1) is 6.61 Å². The number of fused-ring (bicyclic) bond motifs is 1. The standard InChI is InChI=1S/C20H18O10/c21-7-12-15(24)18(27)20(30-12)28-9-3-1-8(2-4-9)19-17(26)16(25)13-11(29-19)6-5-10(22)14(13)23/h1-6,12,15,18,20-24,26-27H,7H2/t12-,15-,18-,20-/m1/s1. The third-order valence-corrected chi connectivity index (χ3v) is 4.85. The van der Waals surface area contributed by atoms with Crippen molar-refractivity contribution in [2.45, 2.75) is 24.6 Å². The Hall–Kier alpha value is -3.31. The molecule has 0 aliphatic carbocycles. The summed E-state index contributed by atoms with van der Waals surface area (Å²) in [5.41, 5.74) is -0.631. The van der Waals surface area contributed by atoms with Crippen LogP contribution in [0.15, 0.2) is 45.6 Å². The third-order valence-electron chi connectivity index (χ3n) is 4.85. The lowest BCUT2D eigenvalue weighted by Gasteiger charge is -2.17. The smallest absolute Gasteiger partial charge is 0.238 e.